The van der Waals surface area contributed by atoms with Gasteiger partial charge in [0.05, 0.1) is 0 Å². The van der Waals surface area contributed by atoms with E-state index in [2.05, 4.69) is 5.32 Å². The van der Waals surface area contributed by atoms with Gasteiger partial charge in [-0.3, -0.25) is 5.41 Å². The molecule has 1 rings (SSSR count). The van der Waals surface area contributed by atoms with Crippen molar-refractivity contribution in [1.82, 2.24) is 5.32 Å². The van der Waals surface area contributed by atoms with Gasteiger partial charge in [-0.1, -0.05) is 0 Å². The van der Waals surface area contributed by atoms with Gasteiger partial charge in [0, 0.05) is 12.5 Å². The van der Waals surface area contributed by atoms with E-state index < -0.39 is 6.10 Å². The average molecular weight is 157 g/mol. The third-order valence-electron chi connectivity index (χ3n) is 2.10. The van der Waals surface area contributed by atoms with Crippen LogP contribution < -0.4 is 11.1 Å². The maximum Gasteiger partial charge on any atom is 0.120 e. The average Bonchev–Trinajstić information content (AvgIpc) is 2.05. The van der Waals surface area contributed by atoms with Gasteiger partial charge in [0.1, 0.15) is 11.9 Å². The summed E-state index contributed by atoms with van der Waals surface area (Å²) in [6, 6.07) is 0. The molecule has 2 unspecified atom stereocenters. The second-order valence-electron chi connectivity index (χ2n) is 3.01. The van der Waals surface area contributed by atoms with Gasteiger partial charge in [0.15, 0.2) is 0 Å². The van der Waals surface area contributed by atoms with Crippen molar-refractivity contribution in [3.05, 3.63) is 0 Å². The highest BCUT2D eigenvalue weighted by Crippen LogP contribution is 2.13. The number of nitrogens with two attached hydrogens (primary N) is 1. The summed E-state index contributed by atoms with van der Waals surface area (Å²) < 4.78 is 0. The molecule has 0 aromatic rings. The molecule has 64 valence electrons. The predicted octanol–water partition coefficient (Wildman–Crippen LogP) is -0.717. The Bertz CT molecular complexity index is 143. The summed E-state index contributed by atoms with van der Waals surface area (Å²) in [5.41, 5.74) is 5.17. The summed E-state index contributed by atoms with van der Waals surface area (Å²) >= 11 is 0. The highest BCUT2D eigenvalue weighted by atomic mass is 16.3. The van der Waals surface area contributed by atoms with Gasteiger partial charge in [-0.05, 0) is 19.4 Å². The molecule has 1 fully saturated rings. The normalized spacial score (nSPS) is 27.9. The molecule has 11 heavy (non-hydrogen) atoms. The van der Waals surface area contributed by atoms with Gasteiger partial charge in [0.2, 0.25) is 0 Å². The van der Waals surface area contributed by atoms with Gasteiger partial charge in [0.25, 0.3) is 0 Å². The van der Waals surface area contributed by atoms with Crippen molar-refractivity contribution >= 4 is 5.84 Å². The first-order chi connectivity index (χ1) is 5.22. The molecule has 0 spiro atoms. The topological polar surface area (TPSA) is 82.1 Å². The molecule has 0 aromatic carbocycles. The van der Waals surface area contributed by atoms with Crippen LogP contribution >= 0.6 is 0 Å². The van der Waals surface area contributed by atoms with Crippen LogP contribution in [0.2, 0.25) is 0 Å². The number of aliphatic hydroxyl groups is 1. The largest absolute Gasteiger partial charge is 0.385 e. The Morgan fingerprint density at radius 2 is 2.45 bits per heavy atom. The SMILES string of the molecule is N=C(N)C(O)C1CCCNC1. The predicted molar refractivity (Wildman–Crippen MR) is 43.5 cm³/mol. The molecular formula is C7H15N3O. The first-order valence-electron chi connectivity index (χ1n) is 3.94. The van der Waals surface area contributed by atoms with Crippen LogP contribution in [0, 0.1) is 11.3 Å². The summed E-state index contributed by atoms with van der Waals surface area (Å²) in [7, 11) is 0. The number of aliphatic hydroxyl groups excluding tert-OH is 1. The van der Waals surface area contributed by atoms with Gasteiger partial charge in [-0.2, -0.15) is 0 Å². The Labute approximate surface area is 66.3 Å². The Hall–Kier alpha value is -0.610. The van der Waals surface area contributed by atoms with Gasteiger partial charge in [-0.25, -0.2) is 0 Å². The van der Waals surface area contributed by atoms with Crippen molar-refractivity contribution in [3.8, 4) is 0 Å². The van der Waals surface area contributed by atoms with Crippen LogP contribution in [0.15, 0.2) is 0 Å². The minimum Gasteiger partial charge on any atom is -0.385 e. The zero-order valence-corrected chi connectivity index (χ0v) is 6.51. The van der Waals surface area contributed by atoms with Crippen LogP contribution in [0.5, 0.6) is 0 Å². The van der Waals surface area contributed by atoms with Crippen LogP contribution in [-0.2, 0) is 0 Å². The zero-order valence-electron chi connectivity index (χ0n) is 6.51. The molecule has 0 aromatic heterocycles. The summed E-state index contributed by atoms with van der Waals surface area (Å²) in [4.78, 5) is 0. The molecule has 0 saturated carbocycles. The lowest BCUT2D eigenvalue weighted by Crippen LogP contribution is -2.42. The third-order valence-corrected chi connectivity index (χ3v) is 2.10. The van der Waals surface area contributed by atoms with E-state index in [-0.39, 0.29) is 11.8 Å². The van der Waals surface area contributed by atoms with Crippen LogP contribution in [0.3, 0.4) is 0 Å². The first-order valence-corrected chi connectivity index (χ1v) is 3.94. The monoisotopic (exact) mass is 157 g/mol. The van der Waals surface area contributed by atoms with Crippen molar-refractivity contribution in [2.24, 2.45) is 11.7 Å². The number of hydrogen-bond donors (Lipinski definition) is 4. The van der Waals surface area contributed by atoms with Gasteiger partial charge in [-0.15, -0.1) is 0 Å². The number of nitrogens with one attached hydrogen (secondary N) is 2. The van der Waals surface area contributed by atoms with E-state index in [0.717, 1.165) is 25.9 Å². The Balaban J connectivity index is 2.38. The lowest BCUT2D eigenvalue weighted by Gasteiger charge is -2.26. The highest BCUT2D eigenvalue weighted by molar-refractivity contribution is 5.81. The molecule has 2 atom stereocenters. The van der Waals surface area contributed by atoms with Crippen LogP contribution in [-0.4, -0.2) is 30.1 Å². The summed E-state index contributed by atoms with van der Waals surface area (Å²) in [6.45, 7) is 1.79. The standard InChI is InChI=1S/C7H15N3O/c8-7(9)6(11)5-2-1-3-10-4-5/h5-6,10-11H,1-4H2,(H3,8,9). The Morgan fingerprint density at radius 1 is 1.73 bits per heavy atom. The molecule has 1 aliphatic heterocycles. The molecule has 4 heteroatoms. The zero-order chi connectivity index (χ0) is 8.27. The highest BCUT2D eigenvalue weighted by Gasteiger charge is 2.23. The van der Waals surface area contributed by atoms with E-state index in [1.165, 1.54) is 0 Å². The van der Waals surface area contributed by atoms with E-state index in [0.29, 0.717) is 0 Å². The molecule has 0 aliphatic carbocycles. The Morgan fingerprint density at radius 3 is 2.91 bits per heavy atom. The molecular weight excluding hydrogens is 142 g/mol. The maximum absolute atomic E-state index is 9.36. The van der Waals surface area contributed by atoms with Crippen LogP contribution in [0.25, 0.3) is 0 Å². The van der Waals surface area contributed by atoms with Gasteiger partial charge >= 0.3 is 0 Å². The molecule has 5 N–H and O–H groups in total. The summed E-state index contributed by atoms with van der Waals surface area (Å²) in [5, 5.41) is 19.6. The smallest absolute Gasteiger partial charge is 0.120 e. The van der Waals surface area contributed by atoms with Crippen molar-refractivity contribution in [2.75, 3.05) is 13.1 Å². The number of piperidine rings is 1. The molecule has 1 heterocycles. The number of hydrogen-bond acceptors (Lipinski definition) is 3. The van der Waals surface area contributed by atoms with Crippen molar-refractivity contribution in [1.29, 1.82) is 5.41 Å². The lowest BCUT2D eigenvalue weighted by molar-refractivity contribution is 0.147. The molecule has 1 aliphatic rings. The summed E-state index contributed by atoms with van der Waals surface area (Å²) in [6.07, 6.45) is 1.28. The quantitative estimate of drug-likeness (QED) is 0.315. The number of amidine groups is 1. The van der Waals surface area contributed by atoms with Crippen LogP contribution in [0.4, 0.5) is 0 Å². The van der Waals surface area contributed by atoms with Crippen molar-refractivity contribution in [3.63, 3.8) is 0 Å². The van der Waals surface area contributed by atoms with Crippen LogP contribution in [0.1, 0.15) is 12.8 Å². The number of rotatable bonds is 2. The van der Waals surface area contributed by atoms with E-state index in [1.807, 2.05) is 0 Å². The second kappa shape index (κ2) is 3.69. The lowest BCUT2D eigenvalue weighted by atomic mass is 9.93. The van der Waals surface area contributed by atoms with E-state index in [1.54, 1.807) is 0 Å². The third kappa shape index (κ3) is 2.17. The van der Waals surface area contributed by atoms with E-state index in [4.69, 9.17) is 11.1 Å². The second-order valence-corrected chi connectivity index (χ2v) is 3.01. The fourth-order valence-corrected chi connectivity index (χ4v) is 1.40. The fraction of sp³-hybridized carbons (Fsp3) is 0.857. The minimum atomic E-state index is -0.747. The van der Waals surface area contributed by atoms with Crippen molar-refractivity contribution < 1.29 is 5.11 Å². The minimum absolute atomic E-state index is 0.112. The molecule has 0 amide bonds. The first kappa shape index (κ1) is 8.49. The van der Waals surface area contributed by atoms with E-state index >= 15 is 0 Å². The molecule has 0 bridgehead atoms. The van der Waals surface area contributed by atoms with Crippen molar-refractivity contribution in [2.45, 2.75) is 18.9 Å². The molecule has 1 saturated heterocycles. The molecule has 0 radical (unpaired) electrons. The fourth-order valence-electron chi connectivity index (χ4n) is 1.40. The Kier molecular flexibility index (Phi) is 2.84. The van der Waals surface area contributed by atoms with Gasteiger partial charge < -0.3 is 16.2 Å². The molecule has 4 nitrogen and oxygen atoms in total. The van der Waals surface area contributed by atoms with E-state index in [9.17, 15) is 5.11 Å². The maximum atomic E-state index is 9.36. The summed E-state index contributed by atoms with van der Waals surface area (Å²) in [5.74, 6) is 0.0277.